The molecular weight excluding hydrogens is 440 g/mol. The average Bonchev–Trinajstić information content (AvgIpc) is 3.15. The predicted molar refractivity (Wildman–Crippen MR) is 133 cm³/mol. The molecule has 166 valence electrons. The van der Waals surface area contributed by atoms with Crippen molar-refractivity contribution in [2.45, 2.75) is 50.7 Å². The summed E-state index contributed by atoms with van der Waals surface area (Å²) in [6.07, 6.45) is 2.30. The quantitative estimate of drug-likeness (QED) is 0.306. The summed E-state index contributed by atoms with van der Waals surface area (Å²) in [6.45, 7) is 6.99. The zero-order chi connectivity index (χ0) is 22.5. The van der Waals surface area contributed by atoms with Crippen LogP contribution in [0.2, 0.25) is 0 Å². The lowest BCUT2D eigenvalue weighted by Gasteiger charge is -2.33. The van der Waals surface area contributed by atoms with Gasteiger partial charge in [-0.3, -0.25) is 0 Å². The molecule has 1 aliphatic rings. The van der Waals surface area contributed by atoms with E-state index in [0.29, 0.717) is 18.3 Å². The van der Waals surface area contributed by atoms with E-state index in [2.05, 4.69) is 31.3 Å². The Hall–Kier alpha value is -2.26. The van der Waals surface area contributed by atoms with Gasteiger partial charge in [-0.25, -0.2) is 15.0 Å². The summed E-state index contributed by atoms with van der Waals surface area (Å²) >= 11 is 3.13. The Morgan fingerprint density at radius 1 is 1.19 bits per heavy atom. The number of ether oxygens (including phenoxy) is 1. The lowest BCUT2D eigenvalue weighted by molar-refractivity contribution is -0.0394. The zero-order valence-electron chi connectivity index (χ0n) is 18.6. The second-order valence-corrected chi connectivity index (χ2v) is 10.5. The molecule has 0 spiro atoms. The highest BCUT2D eigenvalue weighted by Crippen LogP contribution is 2.44. The van der Waals surface area contributed by atoms with Gasteiger partial charge in [0, 0.05) is 29.5 Å². The zero-order valence-corrected chi connectivity index (χ0v) is 20.2. The number of nitrogens with zero attached hydrogens (tertiary/aromatic N) is 3. The van der Waals surface area contributed by atoms with Crippen molar-refractivity contribution in [1.29, 1.82) is 0 Å². The molecule has 0 amide bonds. The Kier molecular flexibility index (Phi) is 5.57. The molecule has 0 bridgehead atoms. The normalized spacial score (nSPS) is 16.3. The van der Waals surface area contributed by atoms with Gasteiger partial charge in [0.15, 0.2) is 5.16 Å². The third kappa shape index (κ3) is 3.85. The van der Waals surface area contributed by atoms with E-state index in [1.54, 1.807) is 18.3 Å². The highest BCUT2D eigenvalue weighted by atomic mass is 32.2. The van der Waals surface area contributed by atoms with Crippen molar-refractivity contribution >= 4 is 49.3 Å². The van der Waals surface area contributed by atoms with Crippen LogP contribution in [0.5, 0.6) is 0 Å². The second-order valence-electron chi connectivity index (χ2n) is 8.76. The number of hydrogen-bond donors (Lipinski definition) is 2. The number of aliphatic hydroxyl groups excluding tert-OH is 1. The van der Waals surface area contributed by atoms with Gasteiger partial charge in [0.2, 0.25) is 0 Å². The molecule has 0 saturated heterocycles. The number of thiophene rings is 1. The number of rotatable bonds is 5. The Morgan fingerprint density at radius 2 is 1.97 bits per heavy atom. The summed E-state index contributed by atoms with van der Waals surface area (Å²) in [4.78, 5) is 15.7. The molecule has 6 nitrogen and oxygen atoms in total. The SMILES string of the molecule is CSc1nc(NC[C@@H](C)O)c2sc3nc(-c4ccccc4)c4c(c3c2n1)CC(C)(C)OC4. The second kappa shape index (κ2) is 8.26. The van der Waals surface area contributed by atoms with Crippen LogP contribution in [0.1, 0.15) is 31.9 Å². The topological polar surface area (TPSA) is 80.2 Å². The number of hydrogen-bond acceptors (Lipinski definition) is 8. The molecule has 8 heteroatoms. The number of aromatic nitrogens is 3. The van der Waals surface area contributed by atoms with E-state index in [0.717, 1.165) is 49.5 Å². The fourth-order valence-corrected chi connectivity index (χ4v) is 5.62. The summed E-state index contributed by atoms with van der Waals surface area (Å²) in [7, 11) is 0. The minimum atomic E-state index is -0.472. The minimum absolute atomic E-state index is 0.258. The highest BCUT2D eigenvalue weighted by molar-refractivity contribution is 7.98. The van der Waals surface area contributed by atoms with Crippen LogP contribution in [0.15, 0.2) is 35.5 Å². The number of thioether (sulfide) groups is 1. The molecule has 4 aromatic rings. The molecule has 32 heavy (non-hydrogen) atoms. The van der Waals surface area contributed by atoms with Crippen LogP contribution in [0.3, 0.4) is 0 Å². The standard InChI is InChI=1S/C24H26N4O2S2/c1-13(29)11-25-21-20-19(27-23(28-21)31-4)17-15-10-24(2,3)30-12-16(15)18(26-22(17)32-20)14-8-6-5-7-9-14/h5-9,13,29H,10-12H2,1-4H3,(H,25,27,28)/t13-/m1/s1. The van der Waals surface area contributed by atoms with E-state index in [1.165, 1.54) is 17.3 Å². The van der Waals surface area contributed by atoms with Crippen LogP contribution in [-0.4, -0.2) is 44.6 Å². The number of anilines is 1. The smallest absolute Gasteiger partial charge is 0.189 e. The van der Waals surface area contributed by atoms with E-state index < -0.39 is 6.10 Å². The first-order valence-electron chi connectivity index (χ1n) is 10.7. The molecule has 0 unspecified atom stereocenters. The average molecular weight is 467 g/mol. The third-order valence-electron chi connectivity index (χ3n) is 5.66. The molecule has 2 N–H and O–H groups in total. The Labute approximate surface area is 195 Å². The van der Waals surface area contributed by atoms with Crippen LogP contribution in [-0.2, 0) is 17.8 Å². The van der Waals surface area contributed by atoms with Gasteiger partial charge in [-0.1, -0.05) is 42.1 Å². The summed E-state index contributed by atoms with van der Waals surface area (Å²) in [5.74, 6) is 0.754. The van der Waals surface area contributed by atoms with E-state index in [9.17, 15) is 5.11 Å². The van der Waals surface area contributed by atoms with Gasteiger partial charge in [-0.15, -0.1) is 11.3 Å². The largest absolute Gasteiger partial charge is 0.392 e. The maximum absolute atomic E-state index is 9.80. The number of benzene rings is 1. The van der Waals surface area contributed by atoms with Gasteiger partial charge in [0.1, 0.15) is 10.6 Å². The van der Waals surface area contributed by atoms with Gasteiger partial charge in [-0.2, -0.15) is 0 Å². The molecular formula is C24H26N4O2S2. The third-order valence-corrected chi connectivity index (χ3v) is 7.29. The maximum atomic E-state index is 9.80. The summed E-state index contributed by atoms with van der Waals surface area (Å²) in [6, 6.07) is 10.3. The van der Waals surface area contributed by atoms with E-state index >= 15 is 0 Å². The van der Waals surface area contributed by atoms with Gasteiger partial charge in [0.25, 0.3) is 0 Å². The van der Waals surface area contributed by atoms with Gasteiger partial charge < -0.3 is 15.2 Å². The first-order valence-corrected chi connectivity index (χ1v) is 12.7. The molecule has 5 rings (SSSR count). The molecule has 0 radical (unpaired) electrons. The van der Waals surface area contributed by atoms with Gasteiger partial charge in [0.05, 0.1) is 34.2 Å². The predicted octanol–water partition coefficient (Wildman–Crippen LogP) is 5.27. The van der Waals surface area contributed by atoms with Crippen LogP contribution in [0, 0.1) is 0 Å². The monoisotopic (exact) mass is 466 g/mol. The van der Waals surface area contributed by atoms with Crippen LogP contribution >= 0.6 is 23.1 Å². The molecule has 4 heterocycles. The van der Waals surface area contributed by atoms with Crippen molar-refractivity contribution in [2.75, 3.05) is 18.1 Å². The molecule has 1 atom stereocenters. The first-order chi connectivity index (χ1) is 15.4. The lowest BCUT2D eigenvalue weighted by Crippen LogP contribution is -2.32. The van der Waals surface area contributed by atoms with Crippen molar-refractivity contribution < 1.29 is 9.84 Å². The van der Waals surface area contributed by atoms with Crippen LogP contribution in [0.4, 0.5) is 5.82 Å². The number of nitrogens with one attached hydrogen (secondary N) is 1. The fourth-order valence-electron chi connectivity index (χ4n) is 4.14. The van der Waals surface area contributed by atoms with Crippen molar-refractivity contribution in [3.63, 3.8) is 0 Å². The highest BCUT2D eigenvalue weighted by Gasteiger charge is 2.32. The lowest BCUT2D eigenvalue weighted by atomic mass is 9.88. The Bertz CT molecular complexity index is 1300. The molecule has 1 aliphatic heterocycles. The molecule has 0 aliphatic carbocycles. The Balaban J connectivity index is 1.83. The number of aliphatic hydroxyl groups is 1. The van der Waals surface area contributed by atoms with Crippen molar-refractivity contribution in [3.05, 3.63) is 41.5 Å². The first kappa shape index (κ1) is 21.6. The molecule has 0 saturated carbocycles. The van der Waals surface area contributed by atoms with Gasteiger partial charge >= 0.3 is 0 Å². The van der Waals surface area contributed by atoms with Crippen molar-refractivity contribution in [3.8, 4) is 11.3 Å². The maximum Gasteiger partial charge on any atom is 0.189 e. The van der Waals surface area contributed by atoms with Crippen LogP contribution < -0.4 is 5.32 Å². The minimum Gasteiger partial charge on any atom is -0.392 e. The number of pyridine rings is 1. The van der Waals surface area contributed by atoms with E-state index in [1.807, 2.05) is 24.5 Å². The fraction of sp³-hybridized carbons (Fsp3) is 0.375. The van der Waals surface area contributed by atoms with Crippen molar-refractivity contribution in [2.24, 2.45) is 0 Å². The summed E-state index contributed by atoms with van der Waals surface area (Å²) < 4.78 is 7.19. The van der Waals surface area contributed by atoms with Gasteiger partial charge in [-0.05, 0) is 32.6 Å². The molecule has 3 aromatic heterocycles. The molecule has 1 aromatic carbocycles. The Morgan fingerprint density at radius 3 is 2.69 bits per heavy atom. The molecule has 0 fully saturated rings. The van der Waals surface area contributed by atoms with E-state index in [4.69, 9.17) is 19.7 Å². The van der Waals surface area contributed by atoms with Crippen LogP contribution in [0.25, 0.3) is 31.7 Å². The summed E-state index contributed by atoms with van der Waals surface area (Å²) in [5.41, 5.74) is 5.15. The summed E-state index contributed by atoms with van der Waals surface area (Å²) in [5, 5.41) is 14.9. The van der Waals surface area contributed by atoms with Crippen molar-refractivity contribution in [1.82, 2.24) is 15.0 Å². The van der Waals surface area contributed by atoms with E-state index in [-0.39, 0.29) is 5.60 Å². The number of fused-ring (bicyclic) bond motifs is 5.